The number of nitrogens with zero attached hydrogens (tertiary/aromatic N) is 5. The Morgan fingerprint density at radius 3 is 2.92 bits per heavy atom. The van der Waals surface area contributed by atoms with Crippen LogP contribution in [0.5, 0.6) is 0 Å². The molecule has 24 heavy (non-hydrogen) atoms. The van der Waals surface area contributed by atoms with Gasteiger partial charge in [-0.1, -0.05) is 11.8 Å². The van der Waals surface area contributed by atoms with Crippen LogP contribution in [0, 0.1) is 6.92 Å². The molecule has 0 aliphatic heterocycles. The summed E-state index contributed by atoms with van der Waals surface area (Å²) in [5, 5.41) is 8.95. The average molecular weight is 405 g/mol. The zero-order valence-corrected chi connectivity index (χ0v) is 15.1. The molecule has 0 bridgehead atoms. The van der Waals surface area contributed by atoms with E-state index in [1.54, 1.807) is 6.26 Å². The molecular formula is C15H13BrN6OS. The Morgan fingerprint density at radius 1 is 1.25 bits per heavy atom. The van der Waals surface area contributed by atoms with Crippen LogP contribution in [0.15, 0.2) is 50.9 Å². The van der Waals surface area contributed by atoms with Crippen LogP contribution in [-0.2, 0) is 5.75 Å². The number of rotatable bonds is 4. The number of halogens is 1. The molecule has 0 aromatic carbocycles. The summed E-state index contributed by atoms with van der Waals surface area (Å²) in [6.07, 6.45) is 5.58. The highest BCUT2D eigenvalue weighted by atomic mass is 79.9. The number of nitrogens with two attached hydrogens (primary N) is 1. The van der Waals surface area contributed by atoms with E-state index in [9.17, 15) is 0 Å². The zero-order valence-electron chi connectivity index (χ0n) is 12.7. The Labute approximate surface area is 150 Å². The Bertz CT molecular complexity index is 1020. The number of fused-ring (bicyclic) bond motifs is 1. The van der Waals surface area contributed by atoms with Crippen LogP contribution >= 0.6 is 27.7 Å². The van der Waals surface area contributed by atoms with Crippen molar-refractivity contribution in [1.29, 1.82) is 0 Å². The molecule has 0 aliphatic rings. The molecule has 0 amide bonds. The fourth-order valence-corrected chi connectivity index (χ4v) is 3.49. The van der Waals surface area contributed by atoms with Gasteiger partial charge in [-0.2, -0.15) is 0 Å². The molecule has 0 unspecified atom stereocenters. The molecule has 0 atom stereocenters. The first-order valence-electron chi connectivity index (χ1n) is 7.13. The molecular weight excluding hydrogens is 392 g/mol. The van der Waals surface area contributed by atoms with E-state index in [2.05, 4.69) is 31.1 Å². The zero-order chi connectivity index (χ0) is 16.7. The van der Waals surface area contributed by atoms with Crippen LogP contribution in [0.2, 0.25) is 0 Å². The molecule has 4 heterocycles. The number of thioether (sulfide) groups is 1. The number of pyridine rings is 1. The largest absolute Gasteiger partial charge is 0.469 e. The lowest BCUT2D eigenvalue weighted by Gasteiger charge is -2.01. The van der Waals surface area contributed by atoms with Gasteiger partial charge in [-0.05, 0) is 41.1 Å². The van der Waals surface area contributed by atoms with Crippen molar-refractivity contribution in [3.8, 4) is 11.4 Å². The summed E-state index contributed by atoms with van der Waals surface area (Å²) in [5.41, 5.74) is 2.69. The van der Waals surface area contributed by atoms with Gasteiger partial charge in [-0.15, -0.1) is 10.2 Å². The first-order chi connectivity index (χ1) is 11.6. The third-order valence-corrected chi connectivity index (χ3v) is 5.02. The highest BCUT2D eigenvalue weighted by molar-refractivity contribution is 9.10. The van der Waals surface area contributed by atoms with Gasteiger partial charge in [-0.25, -0.2) is 9.66 Å². The van der Waals surface area contributed by atoms with E-state index in [1.165, 1.54) is 16.4 Å². The summed E-state index contributed by atoms with van der Waals surface area (Å²) >= 11 is 4.94. The van der Waals surface area contributed by atoms with Crippen LogP contribution in [0.25, 0.3) is 17.0 Å². The highest BCUT2D eigenvalue weighted by Crippen LogP contribution is 2.26. The molecule has 2 N–H and O–H groups in total. The Morgan fingerprint density at radius 2 is 2.12 bits per heavy atom. The van der Waals surface area contributed by atoms with Gasteiger partial charge in [-0.3, -0.25) is 0 Å². The van der Waals surface area contributed by atoms with Crippen LogP contribution < -0.4 is 5.84 Å². The van der Waals surface area contributed by atoms with Crippen molar-refractivity contribution in [3.05, 3.63) is 52.8 Å². The average Bonchev–Trinajstić information content (AvgIpc) is 3.24. The predicted octanol–water partition coefficient (Wildman–Crippen LogP) is 3.26. The quantitative estimate of drug-likeness (QED) is 0.414. The molecule has 0 saturated heterocycles. The molecule has 7 nitrogen and oxygen atoms in total. The topological polar surface area (TPSA) is 87.2 Å². The number of hydrogen-bond acceptors (Lipinski definition) is 6. The van der Waals surface area contributed by atoms with Crippen LogP contribution in [0.4, 0.5) is 0 Å². The molecule has 0 fully saturated rings. The molecule has 0 saturated carbocycles. The number of imidazole rings is 1. The lowest BCUT2D eigenvalue weighted by Crippen LogP contribution is -2.11. The van der Waals surface area contributed by atoms with Gasteiger partial charge in [0.2, 0.25) is 5.16 Å². The van der Waals surface area contributed by atoms with Gasteiger partial charge < -0.3 is 14.7 Å². The van der Waals surface area contributed by atoms with Crippen molar-refractivity contribution in [3.63, 3.8) is 0 Å². The van der Waals surface area contributed by atoms with E-state index < -0.39 is 0 Å². The smallest absolute Gasteiger partial charge is 0.210 e. The van der Waals surface area contributed by atoms with Gasteiger partial charge in [0.05, 0.1) is 17.5 Å². The Balaban J connectivity index is 1.55. The van der Waals surface area contributed by atoms with Crippen molar-refractivity contribution in [2.45, 2.75) is 17.8 Å². The molecule has 122 valence electrons. The molecule has 4 aromatic heterocycles. The predicted molar refractivity (Wildman–Crippen MR) is 95.1 cm³/mol. The van der Waals surface area contributed by atoms with E-state index in [4.69, 9.17) is 10.3 Å². The normalized spacial score (nSPS) is 11.4. The molecule has 4 rings (SSSR count). The third kappa shape index (κ3) is 2.69. The van der Waals surface area contributed by atoms with E-state index in [1.807, 2.05) is 41.9 Å². The molecule has 0 spiro atoms. The monoisotopic (exact) mass is 404 g/mol. The van der Waals surface area contributed by atoms with Gasteiger partial charge in [0.15, 0.2) is 5.82 Å². The van der Waals surface area contributed by atoms with Crippen molar-refractivity contribution >= 4 is 33.3 Å². The van der Waals surface area contributed by atoms with Gasteiger partial charge >= 0.3 is 0 Å². The van der Waals surface area contributed by atoms with Gasteiger partial charge in [0.25, 0.3) is 0 Å². The standard InChI is InChI=1S/C15H13BrN6OS/c1-9-12(4-5-23-9)14-19-20-15(22(14)17)24-8-11-7-21-6-10(16)2-3-13(21)18-11/h2-7H,8,17H2,1H3. The molecule has 0 aliphatic carbocycles. The number of aromatic nitrogens is 5. The van der Waals surface area contributed by atoms with Crippen molar-refractivity contribution in [2.24, 2.45) is 0 Å². The maximum Gasteiger partial charge on any atom is 0.210 e. The van der Waals surface area contributed by atoms with E-state index in [0.717, 1.165) is 27.1 Å². The second-order valence-corrected chi connectivity index (χ2v) is 7.06. The number of hydrogen-bond donors (Lipinski definition) is 1. The maximum atomic E-state index is 6.12. The minimum absolute atomic E-state index is 0.586. The summed E-state index contributed by atoms with van der Waals surface area (Å²) in [6.45, 7) is 1.87. The van der Waals surface area contributed by atoms with Crippen molar-refractivity contribution in [1.82, 2.24) is 24.3 Å². The summed E-state index contributed by atoms with van der Waals surface area (Å²) in [4.78, 5) is 4.58. The van der Waals surface area contributed by atoms with Crippen LogP contribution in [0.1, 0.15) is 11.5 Å². The summed E-state index contributed by atoms with van der Waals surface area (Å²) in [6, 6.07) is 5.76. The van der Waals surface area contributed by atoms with Crippen LogP contribution in [-0.4, -0.2) is 24.3 Å². The fraction of sp³-hybridized carbons (Fsp3) is 0.133. The summed E-state index contributed by atoms with van der Waals surface area (Å²) in [7, 11) is 0. The van der Waals surface area contributed by atoms with Crippen molar-refractivity contribution < 1.29 is 4.42 Å². The van der Waals surface area contributed by atoms with E-state index >= 15 is 0 Å². The van der Waals surface area contributed by atoms with E-state index in [0.29, 0.717) is 16.7 Å². The van der Waals surface area contributed by atoms with Gasteiger partial charge in [0.1, 0.15) is 11.4 Å². The highest BCUT2D eigenvalue weighted by Gasteiger charge is 2.16. The summed E-state index contributed by atoms with van der Waals surface area (Å²) in [5.74, 6) is 8.12. The number of aryl methyl sites for hydroxylation is 1. The molecule has 4 aromatic rings. The fourth-order valence-electron chi connectivity index (χ4n) is 2.40. The second-order valence-electron chi connectivity index (χ2n) is 5.20. The third-order valence-electron chi connectivity index (χ3n) is 3.58. The number of nitrogen functional groups attached to an aromatic ring is 1. The molecule has 0 radical (unpaired) electrons. The first kappa shape index (κ1) is 15.3. The second kappa shape index (κ2) is 5.99. The SMILES string of the molecule is Cc1occc1-c1nnc(SCc2cn3cc(Br)ccc3n2)n1N. The van der Waals surface area contributed by atoms with Gasteiger partial charge in [0, 0.05) is 22.6 Å². The lowest BCUT2D eigenvalue weighted by atomic mass is 10.2. The van der Waals surface area contributed by atoms with Crippen molar-refractivity contribution in [2.75, 3.05) is 5.84 Å². The van der Waals surface area contributed by atoms with E-state index in [-0.39, 0.29) is 0 Å². The molecule has 9 heteroatoms. The Hall–Kier alpha value is -2.26. The minimum atomic E-state index is 0.586. The Kier molecular flexibility index (Phi) is 3.81. The summed E-state index contributed by atoms with van der Waals surface area (Å²) < 4.78 is 9.76. The first-order valence-corrected chi connectivity index (χ1v) is 8.90. The van der Waals surface area contributed by atoms with Crippen LogP contribution in [0.3, 0.4) is 0 Å². The lowest BCUT2D eigenvalue weighted by molar-refractivity contribution is 0.535. The maximum absolute atomic E-state index is 6.12. The number of furan rings is 1. The minimum Gasteiger partial charge on any atom is -0.469 e.